The summed E-state index contributed by atoms with van der Waals surface area (Å²) in [5, 5.41) is 0. The summed E-state index contributed by atoms with van der Waals surface area (Å²) in [4.78, 5) is 11.6. The van der Waals surface area contributed by atoms with Crippen LogP contribution in [-0.2, 0) is 16.0 Å². The molecule has 0 aliphatic carbocycles. The Morgan fingerprint density at radius 1 is 1.00 bits per heavy atom. The average Bonchev–Trinajstić information content (AvgIpc) is 2.60. The SMILES string of the molecule is CCOC(=O)CCCCC(Br)c1ccc(Cc2ccccc2)cc1. The van der Waals surface area contributed by atoms with Gasteiger partial charge in [0.25, 0.3) is 0 Å². The zero-order valence-electron chi connectivity index (χ0n) is 14.2. The largest absolute Gasteiger partial charge is 0.466 e. The van der Waals surface area contributed by atoms with Crippen molar-refractivity contribution in [2.24, 2.45) is 0 Å². The number of esters is 1. The number of hydrogen-bond donors (Lipinski definition) is 0. The molecule has 0 N–H and O–H groups in total. The highest BCUT2D eigenvalue weighted by Crippen LogP contribution is 2.29. The first kappa shape index (κ1) is 18.7. The van der Waals surface area contributed by atoms with E-state index in [1.165, 1.54) is 16.7 Å². The van der Waals surface area contributed by atoms with Gasteiger partial charge in [-0.15, -0.1) is 0 Å². The number of hydrogen-bond acceptors (Lipinski definition) is 2. The quantitative estimate of drug-likeness (QED) is 0.306. The van der Waals surface area contributed by atoms with Crippen LogP contribution in [0.3, 0.4) is 0 Å². The van der Waals surface area contributed by atoms with E-state index in [1.807, 2.05) is 13.0 Å². The standard InChI is InChI=1S/C21H25BrO2/c1-2-24-21(23)11-7-6-10-20(22)19-14-12-18(13-15-19)16-17-8-4-3-5-9-17/h3-5,8-9,12-15,20H,2,6-7,10-11,16H2,1H3. The Morgan fingerprint density at radius 3 is 2.33 bits per heavy atom. The monoisotopic (exact) mass is 388 g/mol. The van der Waals surface area contributed by atoms with Gasteiger partial charge >= 0.3 is 5.97 Å². The van der Waals surface area contributed by atoms with E-state index in [0.717, 1.165) is 25.7 Å². The van der Waals surface area contributed by atoms with E-state index in [1.54, 1.807) is 0 Å². The van der Waals surface area contributed by atoms with Gasteiger partial charge in [-0.3, -0.25) is 4.79 Å². The molecule has 24 heavy (non-hydrogen) atoms. The first-order chi connectivity index (χ1) is 11.7. The van der Waals surface area contributed by atoms with E-state index in [0.29, 0.717) is 17.9 Å². The summed E-state index contributed by atoms with van der Waals surface area (Å²) in [6.45, 7) is 2.31. The fraction of sp³-hybridized carbons (Fsp3) is 0.381. The van der Waals surface area contributed by atoms with E-state index >= 15 is 0 Å². The molecule has 128 valence electrons. The first-order valence-corrected chi connectivity index (χ1v) is 9.53. The van der Waals surface area contributed by atoms with Crippen molar-refractivity contribution >= 4 is 21.9 Å². The second-order valence-electron chi connectivity index (χ2n) is 5.92. The van der Waals surface area contributed by atoms with Crippen LogP contribution >= 0.6 is 15.9 Å². The average molecular weight is 389 g/mol. The molecule has 0 aliphatic rings. The lowest BCUT2D eigenvalue weighted by molar-refractivity contribution is -0.143. The second kappa shape index (κ2) is 10.3. The van der Waals surface area contributed by atoms with Gasteiger partial charge in [-0.2, -0.15) is 0 Å². The number of carbonyl (C=O) groups is 1. The minimum atomic E-state index is -0.0890. The molecule has 0 aliphatic heterocycles. The van der Waals surface area contributed by atoms with Crippen LogP contribution < -0.4 is 0 Å². The third-order valence-corrected chi connectivity index (χ3v) is 4.97. The molecule has 0 aromatic heterocycles. The van der Waals surface area contributed by atoms with Crippen LogP contribution in [0.1, 0.15) is 54.1 Å². The van der Waals surface area contributed by atoms with Crippen LogP contribution in [0.5, 0.6) is 0 Å². The lowest BCUT2D eigenvalue weighted by Gasteiger charge is -2.11. The maximum Gasteiger partial charge on any atom is 0.305 e. The molecule has 1 atom stereocenters. The minimum Gasteiger partial charge on any atom is -0.466 e. The molecule has 0 saturated carbocycles. The number of halogens is 1. The van der Waals surface area contributed by atoms with Crippen molar-refractivity contribution in [1.82, 2.24) is 0 Å². The van der Waals surface area contributed by atoms with E-state index < -0.39 is 0 Å². The third kappa shape index (κ3) is 6.48. The van der Waals surface area contributed by atoms with Gasteiger partial charge in [0.05, 0.1) is 6.61 Å². The van der Waals surface area contributed by atoms with Crippen LogP contribution in [0, 0.1) is 0 Å². The zero-order chi connectivity index (χ0) is 17.2. The van der Waals surface area contributed by atoms with Gasteiger partial charge in [0.1, 0.15) is 0 Å². The minimum absolute atomic E-state index is 0.0890. The Kier molecular flexibility index (Phi) is 8.03. The highest BCUT2D eigenvalue weighted by Gasteiger charge is 2.08. The van der Waals surface area contributed by atoms with E-state index in [4.69, 9.17) is 4.74 Å². The molecule has 3 heteroatoms. The number of benzene rings is 2. The maximum atomic E-state index is 11.3. The number of unbranched alkanes of at least 4 members (excludes halogenated alkanes) is 1. The van der Waals surface area contributed by atoms with Crippen molar-refractivity contribution < 1.29 is 9.53 Å². The molecule has 0 amide bonds. The van der Waals surface area contributed by atoms with Crippen molar-refractivity contribution in [1.29, 1.82) is 0 Å². The Balaban J connectivity index is 1.76. The normalized spacial score (nSPS) is 11.9. The Hall–Kier alpha value is -1.61. The van der Waals surface area contributed by atoms with Crippen molar-refractivity contribution in [2.45, 2.75) is 43.9 Å². The van der Waals surface area contributed by atoms with Gasteiger partial charge in [0.2, 0.25) is 0 Å². The molecule has 2 nitrogen and oxygen atoms in total. The smallest absolute Gasteiger partial charge is 0.305 e. The van der Waals surface area contributed by atoms with Crippen LogP contribution in [0.4, 0.5) is 0 Å². The summed E-state index contributed by atoms with van der Waals surface area (Å²) in [5.41, 5.74) is 3.95. The van der Waals surface area contributed by atoms with Crippen molar-refractivity contribution in [3.63, 3.8) is 0 Å². The summed E-state index contributed by atoms with van der Waals surface area (Å²) in [5.74, 6) is -0.0890. The van der Waals surface area contributed by atoms with Crippen LogP contribution in [-0.4, -0.2) is 12.6 Å². The van der Waals surface area contributed by atoms with Gasteiger partial charge in [-0.1, -0.05) is 76.9 Å². The maximum absolute atomic E-state index is 11.3. The fourth-order valence-corrected chi connectivity index (χ4v) is 3.30. The predicted octanol–water partition coefficient (Wildman–Crippen LogP) is 5.84. The summed E-state index contributed by atoms with van der Waals surface area (Å²) in [7, 11) is 0. The number of alkyl halides is 1. The van der Waals surface area contributed by atoms with Gasteiger partial charge in [0, 0.05) is 11.2 Å². The number of carbonyl (C=O) groups excluding carboxylic acids is 1. The highest BCUT2D eigenvalue weighted by molar-refractivity contribution is 9.09. The first-order valence-electron chi connectivity index (χ1n) is 8.61. The Bertz CT molecular complexity index is 607. The summed E-state index contributed by atoms with van der Waals surface area (Å²) >= 11 is 3.76. The predicted molar refractivity (Wildman–Crippen MR) is 102 cm³/mol. The van der Waals surface area contributed by atoms with Crippen LogP contribution in [0.25, 0.3) is 0 Å². The summed E-state index contributed by atoms with van der Waals surface area (Å²) < 4.78 is 4.94. The van der Waals surface area contributed by atoms with Gasteiger partial charge in [-0.25, -0.2) is 0 Å². The summed E-state index contributed by atoms with van der Waals surface area (Å²) in [6.07, 6.45) is 4.40. The molecule has 0 bridgehead atoms. The number of ether oxygens (including phenoxy) is 1. The number of rotatable bonds is 9. The third-order valence-electron chi connectivity index (χ3n) is 3.99. The van der Waals surface area contributed by atoms with Crippen LogP contribution in [0.2, 0.25) is 0 Å². The van der Waals surface area contributed by atoms with Crippen molar-refractivity contribution in [3.8, 4) is 0 Å². The lowest BCUT2D eigenvalue weighted by Crippen LogP contribution is -2.03. The molecular weight excluding hydrogens is 364 g/mol. The molecule has 0 radical (unpaired) electrons. The molecule has 2 rings (SSSR count). The molecular formula is C21H25BrO2. The molecule has 2 aromatic carbocycles. The topological polar surface area (TPSA) is 26.3 Å². The summed E-state index contributed by atoms with van der Waals surface area (Å²) in [6, 6.07) is 19.3. The van der Waals surface area contributed by atoms with E-state index in [-0.39, 0.29) is 5.97 Å². The van der Waals surface area contributed by atoms with Crippen molar-refractivity contribution in [3.05, 3.63) is 71.3 Å². The van der Waals surface area contributed by atoms with Gasteiger partial charge in [-0.05, 0) is 42.9 Å². The Labute approximate surface area is 153 Å². The lowest BCUT2D eigenvalue weighted by atomic mass is 10.0. The zero-order valence-corrected chi connectivity index (χ0v) is 15.8. The molecule has 0 saturated heterocycles. The molecule has 2 aromatic rings. The van der Waals surface area contributed by atoms with E-state index in [2.05, 4.69) is 64.5 Å². The molecule has 1 unspecified atom stereocenters. The second-order valence-corrected chi connectivity index (χ2v) is 7.03. The van der Waals surface area contributed by atoms with Gasteiger partial charge in [0.15, 0.2) is 0 Å². The van der Waals surface area contributed by atoms with Crippen LogP contribution in [0.15, 0.2) is 54.6 Å². The Morgan fingerprint density at radius 2 is 1.67 bits per heavy atom. The fourth-order valence-electron chi connectivity index (χ4n) is 2.67. The molecule has 0 spiro atoms. The van der Waals surface area contributed by atoms with Gasteiger partial charge < -0.3 is 4.74 Å². The molecule has 0 heterocycles. The van der Waals surface area contributed by atoms with E-state index in [9.17, 15) is 4.79 Å². The van der Waals surface area contributed by atoms with Crippen molar-refractivity contribution in [2.75, 3.05) is 6.61 Å². The highest BCUT2D eigenvalue weighted by atomic mass is 79.9. The molecule has 0 fully saturated rings.